The molecule has 90 valence electrons. The van der Waals surface area contributed by atoms with Gasteiger partial charge < -0.3 is 5.73 Å². The third kappa shape index (κ3) is 1.95. The minimum atomic E-state index is -1.05. The van der Waals surface area contributed by atoms with E-state index < -0.39 is 11.6 Å². The Labute approximate surface area is 96.2 Å². The molecule has 2 rings (SSSR count). The first-order chi connectivity index (χ1) is 8.15. The molecule has 1 heterocycles. The average Bonchev–Trinajstić information content (AvgIpc) is 2.73. The number of hydrogen-bond acceptors (Lipinski definition) is 4. The molecule has 2 N–H and O–H groups in total. The summed E-state index contributed by atoms with van der Waals surface area (Å²) in [5.74, 6) is -1.58. The number of hydrogen-bond donors (Lipinski definition) is 1. The first-order valence-corrected chi connectivity index (χ1v) is 5.16. The topological polar surface area (TPSA) is 69.6 Å². The summed E-state index contributed by atoms with van der Waals surface area (Å²) >= 11 is 0. The molecule has 0 aliphatic heterocycles. The van der Waals surface area contributed by atoms with Gasteiger partial charge in [0.2, 0.25) is 0 Å². The van der Waals surface area contributed by atoms with Gasteiger partial charge in [-0.2, -0.15) is 4.68 Å². The zero-order chi connectivity index (χ0) is 12.4. The lowest BCUT2D eigenvalue weighted by atomic mass is 10.2. The normalized spacial score (nSPS) is 10.8. The highest BCUT2D eigenvalue weighted by atomic mass is 19.2. The SMILES string of the molecule is CCCc1nnnn1-c1c(N)ccc(F)c1F. The molecule has 0 unspecified atom stereocenters. The number of anilines is 1. The van der Waals surface area contributed by atoms with Crippen LogP contribution in [0.15, 0.2) is 12.1 Å². The lowest BCUT2D eigenvalue weighted by Crippen LogP contribution is -2.09. The lowest BCUT2D eigenvalue weighted by Gasteiger charge is -2.08. The van der Waals surface area contributed by atoms with Crippen LogP contribution in [0.3, 0.4) is 0 Å². The number of aryl methyl sites for hydroxylation is 1. The molecule has 5 nitrogen and oxygen atoms in total. The summed E-state index contributed by atoms with van der Waals surface area (Å²) in [5, 5.41) is 10.8. The molecule has 17 heavy (non-hydrogen) atoms. The largest absolute Gasteiger partial charge is 0.397 e. The summed E-state index contributed by atoms with van der Waals surface area (Å²) < 4.78 is 28.0. The average molecular weight is 239 g/mol. The number of nitrogen functional groups attached to an aromatic ring is 1. The van der Waals surface area contributed by atoms with Crippen molar-refractivity contribution in [3.8, 4) is 5.69 Å². The van der Waals surface area contributed by atoms with E-state index in [1.54, 1.807) is 0 Å². The van der Waals surface area contributed by atoms with E-state index in [1.807, 2.05) is 6.92 Å². The second-order valence-corrected chi connectivity index (χ2v) is 3.56. The highest BCUT2D eigenvalue weighted by Crippen LogP contribution is 2.23. The lowest BCUT2D eigenvalue weighted by molar-refractivity contribution is 0.499. The highest BCUT2D eigenvalue weighted by Gasteiger charge is 2.18. The van der Waals surface area contributed by atoms with Gasteiger partial charge in [0.25, 0.3) is 0 Å². The Morgan fingerprint density at radius 1 is 1.35 bits per heavy atom. The summed E-state index contributed by atoms with van der Waals surface area (Å²) in [6, 6.07) is 2.25. The molecule has 1 aromatic carbocycles. The minimum Gasteiger partial charge on any atom is -0.397 e. The molecule has 0 saturated carbocycles. The van der Waals surface area contributed by atoms with Crippen LogP contribution >= 0.6 is 0 Å². The van der Waals surface area contributed by atoms with Crippen LogP contribution in [-0.4, -0.2) is 20.2 Å². The monoisotopic (exact) mass is 239 g/mol. The number of halogens is 2. The van der Waals surface area contributed by atoms with Gasteiger partial charge >= 0.3 is 0 Å². The van der Waals surface area contributed by atoms with Crippen molar-refractivity contribution in [2.45, 2.75) is 19.8 Å². The van der Waals surface area contributed by atoms with E-state index in [0.717, 1.165) is 17.2 Å². The molecule has 0 radical (unpaired) electrons. The number of tetrazole rings is 1. The van der Waals surface area contributed by atoms with Gasteiger partial charge in [-0.1, -0.05) is 6.92 Å². The molecule has 0 aliphatic rings. The van der Waals surface area contributed by atoms with Crippen molar-refractivity contribution in [1.82, 2.24) is 20.2 Å². The Bertz CT molecular complexity index is 537. The molecule has 2 aromatic rings. The van der Waals surface area contributed by atoms with Crippen molar-refractivity contribution in [3.63, 3.8) is 0 Å². The predicted octanol–water partition coefficient (Wildman–Crippen LogP) is 1.48. The summed E-state index contributed by atoms with van der Waals surface area (Å²) in [7, 11) is 0. The fourth-order valence-electron chi connectivity index (χ4n) is 1.53. The van der Waals surface area contributed by atoms with Gasteiger partial charge in [0.05, 0.1) is 5.69 Å². The first kappa shape index (κ1) is 11.4. The van der Waals surface area contributed by atoms with Crippen molar-refractivity contribution < 1.29 is 8.78 Å². The van der Waals surface area contributed by atoms with Gasteiger partial charge in [0.15, 0.2) is 17.5 Å². The minimum absolute atomic E-state index is 0.0913. The fraction of sp³-hybridized carbons (Fsp3) is 0.300. The van der Waals surface area contributed by atoms with Crippen molar-refractivity contribution in [2.75, 3.05) is 5.73 Å². The van der Waals surface area contributed by atoms with Gasteiger partial charge in [0.1, 0.15) is 5.69 Å². The summed E-state index contributed by atoms with van der Waals surface area (Å²) in [4.78, 5) is 0. The molecular weight excluding hydrogens is 228 g/mol. The Kier molecular flexibility index (Phi) is 2.99. The molecule has 0 atom stereocenters. The van der Waals surface area contributed by atoms with E-state index >= 15 is 0 Å². The Morgan fingerprint density at radius 3 is 2.82 bits per heavy atom. The van der Waals surface area contributed by atoms with Crippen molar-refractivity contribution >= 4 is 5.69 Å². The highest BCUT2D eigenvalue weighted by molar-refractivity contribution is 5.58. The van der Waals surface area contributed by atoms with Crippen LogP contribution in [0.5, 0.6) is 0 Å². The third-order valence-electron chi connectivity index (χ3n) is 2.32. The number of nitrogens with zero attached hydrogens (tertiary/aromatic N) is 4. The summed E-state index contributed by atoms with van der Waals surface area (Å²) in [5.41, 5.74) is 5.57. The second-order valence-electron chi connectivity index (χ2n) is 3.56. The summed E-state index contributed by atoms with van der Waals surface area (Å²) in [6.07, 6.45) is 1.35. The standard InChI is InChI=1S/C10H11F2N5/c1-2-3-8-14-15-16-17(8)10-7(13)5-4-6(11)9(10)12/h4-5H,2-3,13H2,1H3. The van der Waals surface area contributed by atoms with Gasteiger partial charge in [-0.3, -0.25) is 0 Å². The third-order valence-corrected chi connectivity index (χ3v) is 2.32. The van der Waals surface area contributed by atoms with Crippen LogP contribution in [-0.2, 0) is 6.42 Å². The van der Waals surface area contributed by atoms with Crippen molar-refractivity contribution in [3.05, 3.63) is 29.6 Å². The second kappa shape index (κ2) is 4.44. The maximum atomic E-state index is 13.7. The van der Waals surface area contributed by atoms with E-state index in [9.17, 15) is 8.78 Å². The van der Waals surface area contributed by atoms with E-state index in [0.29, 0.717) is 12.2 Å². The van der Waals surface area contributed by atoms with Gasteiger partial charge in [0, 0.05) is 6.42 Å². The number of rotatable bonds is 3. The van der Waals surface area contributed by atoms with Crippen LogP contribution < -0.4 is 5.73 Å². The Morgan fingerprint density at radius 2 is 2.12 bits per heavy atom. The smallest absolute Gasteiger partial charge is 0.186 e. The van der Waals surface area contributed by atoms with E-state index in [-0.39, 0.29) is 11.4 Å². The van der Waals surface area contributed by atoms with Crippen LogP contribution in [0.25, 0.3) is 5.69 Å². The number of aromatic nitrogens is 4. The fourth-order valence-corrected chi connectivity index (χ4v) is 1.53. The van der Waals surface area contributed by atoms with E-state index in [4.69, 9.17) is 5.73 Å². The Hall–Kier alpha value is -2.05. The van der Waals surface area contributed by atoms with Crippen molar-refractivity contribution in [1.29, 1.82) is 0 Å². The van der Waals surface area contributed by atoms with Gasteiger partial charge in [-0.25, -0.2) is 8.78 Å². The molecule has 7 heteroatoms. The van der Waals surface area contributed by atoms with E-state index in [2.05, 4.69) is 15.5 Å². The molecule has 0 spiro atoms. The predicted molar refractivity (Wildman–Crippen MR) is 57.5 cm³/mol. The zero-order valence-electron chi connectivity index (χ0n) is 9.19. The van der Waals surface area contributed by atoms with Gasteiger partial charge in [-0.15, -0.1) is 5.10 Å². The molecule has 0 amide bonds. The number of benzene rings is 1. The van der Waals surface area contributed by atoms with Crippen molar-refractivity contribution in [2.24, 2.45) is 0 Å². The molecule has 0 saturated heterocycles. The van der Waals surface area contributed by atoms with Gasteiger partial charge in [-0.05, 0) is 29.0 Å². The molecule has 1 aromatic heterocycles. The molecule has 0 aliphatic carbocycles. The quantitative estimate of drug-likeness (QED) is 0.823. The van der Waals surface area contributed by atoms with Crippen LogP contribution in [0, 0.1) is 11.6 Å². The maximum Gasteiger partial charge on any atom is 0.186 e. The molecule has 0 bridgehead atoms. The number of nitrogens with two attached hydrogens (primary N) is 1. The maximum absolute atomic E-state index is 13.7. The van der Waals surface area contributed by atoms with Crippen LogP contribution in [0.2, 0.25) is 0 Å². The molecular formula is C10H11F2N5. The van der Waals surface area contributed by atoms with E-state index in [1.165, 1.54) is 6.07 Å². The first-order valence-electron chi connectivity index (χ1n) is 5.16. The Balaban J connectivity index is 2.60. The summed E-state index contributed by atoms with van der Waals surface area (Å²) in [6.45, 7) is 1.93. The zero-order valence-corrected chi connectivity index (χ0v) is 9.19. The molecule has 0 fully saturated rings. The van der Waals surface area contributed by atoms with Crippen LogP contribution in [0.1, 0.15) is 19.2 Å². The van der Waals surface area contributed by atoms with Crippen LogP contribution in [0.4, 0.5) is 14.5 Å².